The molecule has 0 bridgehead atoms. The molecule has 0 radical (unpaired) electrons. The first-order chi connectivity index (χ1) is 8.58. The topological polar surface area (TPSA) is 68.3 Å². The maximum atomic E-state index is 9.20. The number of nitrogens with two attached hydrogens (primary N) is 1. The fourth-order valence-corrected chi connectivity index (χ4v) is 2.48. The van der Waals surface area contributed by atoms with Gasteiger partial charge in [-0.1, -0.05) is 0 Å². The Bertz CT molecular complexity index is 499. The van der Waals surface area contributed by atoms with Gasteiger partial charge < -0.3 is 15.2 Å². The van der Waals surface area contributed by atoms with Gasteiger partial charge >= 0.3 is 0 Å². The maximum absolute atomic E-state index is 9.20. The highest BCUT2D eigenvalue weighted by Gasteiger charge is 2.48. The molecule has 1 aromatic rings. The van der Waals surface area contributed by atoms with Crippen molar-refractivity contribution in [2.75, 3.05) is 14.2 Å². The molecule has 0 spiro atoms. The standard InChI is InChI=1S/C14H18N2O2/c1-9(16)14(4-5-14)11-6-10(8-15)13(18-3)12(7-11)17-2/h6-7,9H,4-5,16H2,1-3H3. The van der Waals surface area contributed by atoms with Crippen molar-refractivity contribution in [1.82, 2.24) is 0 Å². The minimum absolute atomic E-state index is 0.00511. The zero-order valence-electron chi connectivity index (χ0n) is 11.0. The largest absolute Gasteiger partial charge is 0.493 e. The maximum Gasteiger partial charge on any atom is 0.178 e. The first-order valence-electron chi connectivity index (χ1n) is 6.01. The van der Waals surface area contributed by atoms with Crippen molar-refractivity contribution in [3.63, 3.8) is 0 Å². The molecule has 1 atom stereocenters. The van der Waals surface area contributed by atoms with Crippen LogP contribution in [0.25, 0.3) is 0 Å². The number of benzene rings is 1. The molecule has 18 heavy (non-hydrogen) atoms. The van der Waals surface area contributed by atoms with E-state index in [1.54, 1.807) is 7.11 Å². The molecule has 1 fully saturated rings. The zero-order chi connectivity index (χ0) is 13.3. The Morgan fingerprint density at radius 1 is 1.33 bits per heavy atom. The highest BCUT2D eigenvalue weighted by Crippen LogP contribution is 2.52. The predicted octanol–water partition coefficient (Wildman–Crippen LogP) is 1.95. The SMILES string of the molecule is COc1cc(C2(C(C)N)CC2)cc(C#N)c1OC. The lowest BCUT2D eigenvalue weighted by molar-refractivity contribution is 0.353. The average molecular weight is 246 g/mol. The molecule has 1 aliphatic rings. The molecule has 1 aliphatic carbocycles. The molecule has 96 valence electrons. The van der Waals surface area contributed by atoms with E-state index in [9.17, 15) is 5.26 Å². The van der Waals surface area contributed by atoms with Gasteiger partial charge in [0.1, 0.15) is 6.07 Å². The summed E-state index contributed by atoms with van der Waals surface area (Å²) in [6.07, 6.45) is 2.12. The third-order valence-electron chi connectivity index (χ3n) is 3.83. The number of nitrogens with zero attached hydrogens (tertiary/aromatic N) is 1. The highest BCUT2D eigenvalue weighted by atomic mass is 16.5. The fraction of sp³-hybridized carbons (Fsp3) is 0.500. The van der Waals surface area contributed by atoms with Gasteiger partial charge in [-0.3, -0.25) is 0 Å². The smallest absolute Gasteiger partial charge is 0.178 e. The first kappa shape index (κ1) is 12.7. The molecule has 0 heterocycles. The van der Waals surface area contributed by atoms with Gasteiger partial charge in [0.05, 0.1) is 19.8 Å². The van der Waals surface area contributed by atoms with Crippen molar-refractivity contribution in [3.8, 4) is 17.6 Å². The van der Waals surface area contributed by atoms with Crippen molar-refractivity contribution >= 4 is 0 Å². The van der Waals surface area contributed by atoms with Crippen LogP contribution in [0.4, 0.5) is 0 Å². The van der Waals surface area contributed by atoms with Gasteiger partial charge in [-0.2, -0.15) is 5.26 Å². The van der Waals surface area contributed by atoms with Gasteiger partial charge in [0.25, 0.3) is 0 Å². The number of rotatable bonds is 4. The number of hydrogen-bond donors (Lipinski definition) is 1. The van der Waals surface area contributed by atoms with Crippen LogP contribution in [0.1, 0.15) is 30.9 Å². The summed E-state index contributed by atoms with van der Waals surface area (Å²) < 4.78 is 10.5. The quantitative estimate of drug-likeness (QED) is 0.881. The molecule has 4 heteroatoms. The molecule has 1 saturated carbocycles. The summed E-state index contributed by atoms with van der Waals surface area (Å²) in [4.78, 5) is 0. The molecular formula is C14H18N2O2. The second-order valence-corrected chi connectivity index (χ2v) is 4.82. The first-order valence-corrected chi connectivity index (χ1v) is 6.01. The van der Waals surface area contributed by atoms with Crippen LogP contribution in [0, 0.1) is 11.3 Å². The highest BCUT2D eigenvalue weighted by molar-refractivity contribution is 5.57. The third kappa shape index (κ3) is 1.81. The number of methoxy groups -OCH3 is 2. The number of ether oxygens (including phenoxy) is 2. The van der Waals surface area contributed by atoms with Gasteiger partial charge in [-0.25, -0.2) is 0 Å². The summed E-state index contributed by atoms with van der Waals surface area (Å²) in [7, 11) is 3.12. The van der Waals surface area contributed by atoms with Crippen LogP contribution in [-0.2, 0) is 5.41 Å². The van der Waals surface area contributed by atoms with E-state index in [0.29, 0.717) is 17.1 Å². The fourth-order valence-electron chi connectivity index (χ4n) is 2.48. The van der Waals surface area contributed by atoms with Crippen LogP contribution in [0.3, 0.4) is 0 Å². The molecule has 0 amide bonds. The van der Waals surface area contributed by atoms with Crippen LogP contribution in [-0.4, -0.2) is 20.3 Å². The lowest BCUT2D eigenvalue weighted by atomic mass is 9.88. The van der Waals surface area contributed by atoms with Crippen molar-refractivity contribution in [2.45, 2.75) is 31.2 Å². The Morgan fingerprint density at radius 3 is 2.39 bits per heavy atom. The summed E-state index contributed by atoms with van der Waals surface area (Å²) in [5, 5.41) is 9.20. The summed E-state index contributed by atoms with van der Waals surface area (Å²) in [6, 6.07) is 6.04. The average Bonchev–Trinajstić information content (AvgIpc) is 3.18. The summed E-state index contributed by atoms with van der Waals surface area (Å²) in [5.41, 5.74) is 7.64. The van der Waals surface area contributed by atoms with E-state index in [1.807, 2.05) is 19.1 Å². The van der Waals surface area contributed by atoms with Gasteiger partial charge in [0.15, 0.2) is 11.5 Å². The normalized spacial score (nSPS) is 17.7. The Kier molecular flexibility index (Phi) is 3.18. The molecule has 0 aromatic heterocycles. The summed E-state index contributed by atoms with van der Waals surface area (Å²) in [5.74, 6) is 1.09. The van der Waals surface area contributed by atoms with E-state index in [2.05, 4.69) is 6.07 Å². The minimum Gasteiger partial charge on any atom is -0.493 e. The molecule has 1 aromatic carbocycles. The van der Waals surface area contributed by atoms with Crippen molar-refractivity contribution in [1.29, 1.82) is 5.26 Å². The molecule has 1 unspecified atom stereocenters. The minimum atomic E-state index is 0.00511. The Hall–Kier alpha value is -1.73. The number of hydrogen-bond acceptors (Lipinski definition) is 4. The van der Waals surface area contributed by atoms with E-state index < -0.39 is 0 Å². The molecule has 2 N–H and O–H groups in total. The van der Waals surface area contributed by atoms with Crippen molar-refractivity contribution in [3.05, 3.63) is 23.3 Å². The molecule has 4 nitrogen and oxygen atoms in total. The lowest BCUT2D eigenvalue weighted by Crippen LogP contribution is -2.31. The zero-order valence-corrected chi connectivity index (χ0v) is 11.0. The van der Waals surface area contributed by atoms with Crippen LogP contribution in [0.15, 0.2) is 12.1 Å². The molecular weight excluding hydrogens is 228 g/mol. The predicted molar refractivity (Wildman–Crippen MR) is 68.8 cm³/mol. The van der Waals surface area contributed by atoms with Crippen molar-refractivity contribution < 1.29 is 9.47 Å². The Labute approximate surface area is 107 Å². The monoisotopic (exact) mass is 246 g/mol. The molecule has 2 rings (SSSR count). The lowest BCUT2D eigenvalue weighted by Gasteiger charge is -2.22. The molecule has 0 saturated heterocycles. The van der Waals surface area contributed by atoms with E-state index in [1.165, 1.54) is 7.11 Å². The van der Waals surface area contributed by atoms with E-state index >= 15 is 0 Å². The van der Waals surface area contributed by atoms with Crippen LogP contribution in [0.5, 0.6) is 11.5 Å². The van der Waals surface area contributed by atoms with Crippen LogP contribution < -0.4 is 15.2 Å². The van der Waals surface area contributed by atoms with Gasteiger partial charge in [0, 0.05) is 11.5 Å². The second kappa shape index (κ2) is 4.51. The summed E-state index contributed by atoms with van der Waals surface area (Å²) in [6.45, 7) is 2.01. The van der Waals surface area contributed by atoms with Crippen LogP contribution in [0.2, 0.25) is 0 Å². The van der Waals surface area contributed by atoms with Crippen LogP contribution >= 0.6 is 0 Å². The van der Waals surface area contributed by atoms with Crippen molar-refractivity contribution in [2.24, 2.45) is 5.73 Å². The second-order valence-electron chi connectivity index (χ2n) is 4.82. The summed E-state index contributed by atoms with van der Waals surface area (Å²) >= 11 is 0. The van der Waals surface area contributed by atoms with E-state index in [4.69, 9.17) is 15.2 Å². The van der Waals surface area contributed by atoms with Gasteiger partial charge in [-0.15, -0.1) is 0 Å². The Balaban J connectivity index is 2.55. The van der Waals surface area contributed by atoms with E-state index in [-0.39, 0.29) is 11.5 Å². The third-order valence-corrected chi connectivity index (χ3v) is 3.83. The molecule has 0 aliphatic heterocycles. The number of nitriles is 1. The Morgan fingerprint density at radius 2 is 2.00 bits per heavy atom. The van der Waals surface area contributed by atoms with Gasteiger partial charge in [0.2, 0.25) is 0 Å². The van der Waals surface area contributed by atoms with Gasteiger partial charge in [-0.05, 0) is 37.5 Å². The van der Waals surface area contributed by atoms with E-state index in [0.717, 1.165) is 18.4 Å².